The van der Waals surface area contributed by atoms with Crippen molar-refractivity contribution in [1.82, 2.24) is 14.9 Å². The fraction of sp³-hybridized carbons (Fsp3) is 0.370. The number of anilines is 2. The van der Waals surface area contributed by atoms with Gasteiger partial charge >= 0.3 is 12.1 Å². The minimum Gasteiger partial charge on any atom is -0.490 e. The number of nitrogens with two attached hydrogens (primary N) is 1. The maximum absolute atomic E-state index is 13.1. The zero-order valence-corrected chi connectivity index (χ0v) is 24.2. The van der Waals surface area contributed by atoms with Crippen molar-refractivity contribution in [3.8, 4) is 17.1 Å². The second-order valence-corrected chi connectivity index (χ2v) is 12.9. The Bertz CT molecular complexity index is 1580. The molecule has 3 N–H and O–H groups in total. The lowest BCUT2D eigenvalue weighted by molar-refractivity contribution is -0.188. The standard InChI is InChI=1S/C27H29ClF3N5O4S/c1-14(2)40-21-12-17-16(9-10-36(23(17)32)26(37)27(29,30)31)11-18(21)24-33-13-19(28)25(35-24)34-20-7-5-6-8-22(20)41(38,39)15(3)4/h5-8,11-15,23H,9-10,32H2,1-4H3,(H,33,34,35). The third-order valence-corrected chi connectivity index (χ3v) is 8.92. The molecule has 1 amide bonds. The summed E-state index contributed by atoms with van der Waals surface area (Å²) in [6, 6.07) is 9.54. The number of rotatable bonds is 7. The first-order chi connectivity index (χ1) is 19.1. The Morgan fingerprint density at radius 3 is 2.51 bits per heavy atom. The number of hydrogen-bond acceptors (Lipinski definition) is 8. The van der Waals surface area contributed by atoms with Crippen LogP contribution in [-0.2, 0) is 21.1 Å². The van der Waals surface area contributed by atoms with E-state index < -0.39 is 33.3 Å². The molecule has 1 atom stereocenters. The average molecular weight is 612 g/mol. The van der Waals surface area contributed by atoms with Crippen LogP contribution < -0.4 is 15.8 Å². The molecule has 3 aromatic rings. The lowest BCUT2D eigenvalue weighted by atomic mass is 9.93. The summed E-state index contributed by atoms with van der Waals surface area (Å²) >= 11 is 6.39. The molecule has 0 bridgehead atoms. The van der Waals surface area contributed by atoms with Crippen LogP contribution in [0.1, 0.15) is 45.0 Å². The molecule has 0 saturated carbocycles. The molecule has 41 heavy (non-hydrogen) atoms. The fourth-order valence-corrected chi connectivity index (χ4v) is 5.72. The number of halogens is 4. The SMILES string of the molecule is CC(C)Oc1cc2c(cc1-c1ncc(Cl)c(Nc3ccccc3S(=O)(=O)C(C)C)n1)CCN(C(=O)C(F)(F)F)C2N. The molecule has 0 aliphatic carbocycles. The van der Waals surface area contributed by atoms with Crippen molar-refractivity contribution >= 4 is 38.9 Å². The van der Waals surface area contributed by atoms with Crippen LogP contribution in [0.2, 0.25) is 5.02 Å². The number of aromatic nitrogens is 2. The number of hydrogen-bond donors (Lipinski definition) is 2. The van der Waals surface area contributed by atoms with Crippen molar-refractivity contribution in [2.75, 3.05) is 11.9 Å². The first-order valence-corrected chi connectivity index (χ1v) is 14.6. The van der Waals surface area contributed by atoms with Crippen LogP contribution in [0, 0.1) is 0 Å². The maximum Gasteiger partial charge on any atom is 0.471 e. The van der Waals surface area contributed by atoms with Gasteiger partial charge in [0.2, 0.25) is 0 Å². The van der Waals surface area contributed by atoms with Gasteiger partial charge in [-0.15, -0.1) is 0 Å². The van der Waals surface area contributed by atoms with E-state index >= 15 is 0 Å². The number of para-hydroxylation sites is 1. The van der Waals surface area contributed by atoms with Crippen molar-refractivity contribution in [2.24, 2.45) is 5.73 Å². The molecule has 1 aliphatic rings. The summed E-state index contributed by atoms with van der Waals surface area (Å²) in [5.74, 6) is -1.47. The highest BCUT2D eigenvalue weighted by molar-refractivity contribution is 7.92. The third kappa shape index (κ3) is 6.26. The number of nitrogens with one attached hydrogen (secondary N) is 1. The number of amides is 1. The lowest BCUT2D eigenvalue weighted by Crippen LogP contribution is -2.49. The number of fused-ring (bicyclic) bond motifs is 1. The van der Waals surface area contributed by atoms with E-state index in [0.717, 1.165) is 0 Å². The molecule has 0 saturated heterocycles. The Balaban J connectivity index is 1.78. The minimum absolute atomic E-state index is 0.0794. The van der Waals surface area contributed by atoms with Gasteiger partial charge < -0.3 is 20.7 Å². The molecular formula is C27H29ClF3N5O4S. The average Bonchev–Trinajstić information content (AvgIpc) is 2.89. The quantitative estimate of drug-likeness (QED) is 0.363. The van der Waals surface area contributed by atoms with Gasteiger partial charge in [-0.1, -0.05) is 23.7 Å². The molecule has 1 unspecified atom stereocenters. The fourth-order valence-electron chi connectivity index (χ4n) is 4.38. The summed E-state index contributed by atoms with van der Waals surface area (Å²) in [4.78, 5) is 21.5. The van der Waals surface area contributed by atoms with Crippen molar-refractivity contribution in [3.05, 3.63) is 58.7 Å². The van der Waals surface area contributed by atoms with Crippen molar-refractivity contribution in [2.45, 2.75) is 62.7 Å². The lowest BCUT2D eigenvalue weighted by Gasteiger charge is -2.35. The summed E-state index contributed by atoms with van der Waals surface area (Å²) in [5, 5.41) is 2.46. The molecule has 4 rings (SSSR count). The van der Waals surface area contributed by atoms with Gasteiger partial charge in [-0.3, -0.25) is 4.79 Å². The second kappa shape index (κ2) is 11.5. The van der Waals surface area contributed by atoms with E-state index in [9.17, 15) is 26.4 Å². The molecule has 14 heteroatoms. The van der Waals surface area contributed by atoms with E-state index in [4.69, 9.17) is 22.1 Å². The Labute approximate surface area is 240 Å². The van der Waals surface area contributed by atoms with Gasteiger partial charge in [0.05, 0.1) is 33.7 Å². The molecule has 1 aromatic heterocycles. The van der Waals surface area contributed by atoms with Crippen LogP contribution in [0.4, 0.5) is 24.7 Å². The van der Waals surface area contributed by atoms with Gasteiger partial charge in [0.15, 0.2) is 21.5 Å². The molecule has 220 valence electrons. The van der Waals surface area contributed by atoms with E-state index in [-0.39, 0.29) is 52.1 Å². The molecule has 1 aliphatic heterocycles. The van der Waals surface area contributed by atoms with Gasteiger partial charge in [-0.25, -0.2) is 18.4 Å². The smallest absolute Gasteiger partial charge is 0.471 e. The first-order valence-electron chi connectivity index (χ1n) is 12.7. The Morgan fingerprint density at radius 1 is 1.20 bits per heavy atom. The normalized spacial score (nSPS) is 15.7. The number of nitrogens with zero attached hydrogens (tertiary/aromatic N) is 3. The van der Waals surface area contributed by atoms with Crippen molar-refractivity contribution in [1.29, 1.82) is 0 Å². The monoisotopic (exact) mass is 611 g/mol. The van der Waals surface area contributed by atoms with E-state index in [1.165, 1.54) is 18.3 Å². The first kappa shape index (κ1) is 30.5. The maximum atomic E-state index is 13.1. The summed E-state index contributed by atoms with van der Waals surface area (Å²) in [6.45, 7) is 6.47. The Hall–Kier alpha value is -3.42. The number of benzene rings is 2. The number of carbonyl (C=O) groups excluding carboxylic acids is 1. The summed E-state index contributed by atoms with van der Waals surface area (Å²) in [6.07, 6.45) is -5.27. The van der Waals surface area contributed by atoms with Crippen LogP contribution in [0.15, 0.2) is 47.5 Å². The topological polar surface area (TPSA) is 128 Å². The summed E-state index contributed by atoms with van der Waals surface area (Å²) < 4.78 is 71.2. The third-order valence-electron chi connectivity index (χ3n) is 6.44. The van der Waals surface area contributed by atoms with E-state index in [1.54, 1.807) is 52.0 Å². The summed E-state index contributed by atoms with van der Waals surface area (Å²) in [7, 11) is -3.64. The van der Waals surface area contributed by atoms with E-state index in [2.05, 4.69) is 15.3 Å². The van der Waals surface area contributed by atoms with Crippen molar-refractivity contribution in [3.63, 3.8) is 0 Å². The Kier molecular flexibility index (Phi) is 8.53. The van der Waals surface area contributed by atoms with Crippen LogP contribution in [0.5, 0.6) is 5.75 Å². The van der Waals surface area contributed by atoms with Gasteiger partial charge in [0.25, 0.3) is 0 Å². The number of ether oxygens (including phenoxy) is 1. The highest BCUT2D eigenvalue weighted by Crippen LogP contribution is 2.39. The minimum atomic E-state index is -5.06. The zero-order valence-electron chi connectivity index (χ0n) is 22.7. The van der Waals surface area contributed by atoms with Gasteiger partial charge in [-0.05, 0) is 69.5 Å². The van der Waals surface area contributed by atoms with Gasteiger partial charge in [0.1, 0.15) is 16.9 Å². The zero-order chi connectivity index (χ0) is 30.3. The largest absolute Gasteiger partial charge is 0.490 e. The van der Waals surface area contributed by atoms with Crippen LogP contribution in [0.25, 0.3) is 11.4 Å². The highest BCUT2D eigenvalue weighted by atomic mass is 35.5. The van der Waals surface area contributed by atoms with Gasteiger partial charge in [-0.2, -0.15) is 13.2 Å². The van der Waals surface area contributed by atoms with Gasteiger partial charge in [0, 0.05) is 6.54 Å². The molecular weight excluding hydrogens is 583 g/mol. The summed E-state index contributed by atoms with van der Waals surface area (Å²) in [5.41, 5.74) is 7.73. The van der Waals surface area contributed by atoms with E-state index in [0.29, 0.717) is 21.6 Å². The Morgan fingerprint density at radius 2 is 1.88 bits per heavy atom. The van der Waals surface area contributed by atoms with Crippen LogP contribution in [0.3, 0.4) is 0 Å². The number of alkyl halides is 3. The van der Waals surface area contributed by atoms with Crippen molar-refractivity contribution < 1.29 is 31.1 Å². The van der Waals surface area contributed by atoms with Crippen LogP contribution in [-0.4, -0.2) is 53.3 Å². The molecule has 2 aromatic carbocycles. The predicted octanol–water partition coefficient (Wildman–Crippen LogP) is 5.41. The van der Waals surface area contributed by atoms with E-state index in [1.807, 2.05) is 0 Å². The molecule has 0 spiro atoms. The predicted molar refractivity (Wildman–Crippen MR) is 149 cm³/mol. The number of sulfone groups is 1. The molecule has 0 radical (unpaired) electrons. The molecule has 9 nitrogen and oxygen atoms in total. The molecule has 0 fully saturated rings. The molecule has 2 heterocycles. The second-order valence-electron chi connectivity index (χ2n) is 10.0. The van der Waals surface area contributed by atoms with Crippen LogP contribution >= 0.6 is 11.6 Å². The highest BCUT2D eigenvalue weighted by Gasteiger charge is 2.45. The number of carbonyl (C=O) groups is 1.